The quantitative estimate of drug-likeness (QED) is 0.653. The fraction of sp³-hybridized carbons (Fsp3) is 0.696. The minimum Gasteiger partial charge on any atom is -0.495 e. The van der Waals surface area contributed by atoms with Gasteiger partial charge in [-0.05, 0) is 81.4 Å². The zero-order chi connectivity index (χ0) is 21.9. The number of sulfonamides is 1. The third-order valence-electron chi connectivity index (χ3n) is 7.83. The van der Waals surface area contributed by atoms with E-state index in [1.54, 1.807) is 18.2 Å². The fourth-order valence-electron chi connectivity index (χ4n) is 6.88. The third-order valence-corrected chi connectivity index (χ3v) is 10.2. The Labute approximate surface area is 189 Å². The van der Waals surface area contributed by atoms with E-state index in [0.29, 0.717) is 36.4 Å². The first-order chi connectivity index (χ1) is 14.7. The number of rotatable bonds is 5. The number of alkyl halides is 1. The first-order valence-electron chi connectivity index (χ1n) is 11.4. The summed E-state index contributed by atoms with van der Waals surface area (Å²) in [4.78, 5) is 13.3. The standard InChI is InChI=1S/C23H31ClN2O4S/c1-30-19-6-5-18(10-20(19)31(28,29)26-7-3-2-4-8-26)25-21(27)22-11-16-9-17(12-22)14-23(24,13-16)15-22/h5-6,10,16-17H,2-4,7-9,11-15H2,1H3,(H,25,27). The van der Waals surface area contributed by atoms with E-state index in [-0.39, 0.29) is 15.7 Å². The van der Waals surface area contributed by atoms with Crippen molar-refractivity contribution >= 4 is 33.2 Å². The number of piperidine rings is 1. The number of hydrogen-bond donors (Lipinski definition) is 1. The summed E-state index contributed by atoms with van der Waals surface area (Å²) in [7, 11) is -2.21. The molecule has 4 saturated carbocycles. The second-order valence-corrected chi connectivity index (χ2v) is 12.9. The van der Waals surface area contributed by atoms with Gasteiger partial charge in [-0.1, -0.05) is 6.42 Å². The van der Waals surface area contributed by atoms with Gasteiger partial charge in [0.05, 0.1) is 12.5 Å². The fourth-order valence-corrected chi connectivity index (χ4v) is 9.27. The largest absolute Gasteiger partial charge is 0.495 e. The molecule has 1 aromatic rings. The molecule has 1 amide bonds. The molecule has 31 heavy (non-hydrogen) atoms. The molecule has 0 radical (unpaired) electrons. The molecule has 6 rings (SSSR count). The first-order valence-corrected chi connectivity index (χ1v) is 13.2. The van der Waals surface area contributed by atoms with Crippen LogP contribution in [0.5, 0.6) is 5.75 Å². The summed E-state index contributed by atoms with van der Waals surface area (Å²) in [6, 6.07) is 4.91. The van der Waals surface area contributed by atoms with Crippen molar-refractivity contribution in [3.8, 4) is 5.75 Å². The highest BCUT2D eigenvalue weighted by Crippen LogP contribution is 2.64. The molecule has 1 heterocycles. The molecule has 1 N–H and O–H groups in total. The lowest BCUT2D eigenvalue weighted by Crippen LogP contribution is -2.57. The number of nitrogens with zero attached hydrogens (tertiary/aromatic N) is 1. The molecule has 170 valence electrons. The van der Waals surface area contributed by atoms with Crippen molar-refractivity contribution in [2.24, 2.45) is 17.3 Å². The van der Waals surface area contributed by atoms with Crippen LogP contribution in [0.25, 0.3) is 0 Å². The van der Waals surface area contributed by atoms with Gasteiger partial charge >= 0.3 is 0 Å². The molecule has 4 bridgehead atoms. The number of nitrogens with one attached hydrogen (secondary N) is 1. The minimum absolute atomic E-state index is 0.0156. The van der Waals surface area contributed by atoms with E-state index >= 15 is 0 Å². The van der Waals surface area contributed by atoms with Crippen LogP contribution in [0.15, 0.2) is 23.1 Å². The van der Waals surface area contributed by atoms with Crippen LogP contribution in [-0.2, 0) is 14.8 Å². The van der Waals surface area contributed by atoms with Crippen LogP contribution in [0.4, 0.5) is 5.69 Å². The molecule has 5 fully saturated rings. The van der Waals surface area contributed by atoms with E-state index in [9.17, 15) is 13.2 Å². The van der Waals surface area contributed by atoms with E-state index in [4.69, 9.17) is 16.3 Å². The first kappa shape index (κ1) is 21.5. The van der Waals surface area contributed by atoms with Gasteiger partial charge in [0.1, 0.15) is 10.6 Å². The molecule has 2 unspecified atom stereocenters. The van der Waals surface area contributed by atoms with Gasteiger partial charge in [-0.3, -0.25) is 4.79 Å². The number of anilines is 1. The van der Waals surface area contributed by atoms with Crippen molar-refractivity contribution in [1.29, 1.82) is 0 Å². The molecule has 1 aliphatic heterocycles. The average Bonchev–Trinajstić information content (AvgIpc) is 2.72. The van der Waals surface area contributed by atoms with Crippen LogP contribution in [0.1, 0.15) is 57.8 Å². The molecule has 1 saturated heterocycles. The number of amides is 1. The van der Waals surface area contributed by atoms with Crippen molar-refractivity contribution in [3.63, 3.8) is 0 Å². The number of hydrogen-bond acceptors (Lipinski definition) is 4. The highest BCUT2D eigenvalue weighted by Gasteiger charge is 2.60. The SMILES string of the molecule is COc1ccc(NC(=O)C23CC4CC(CC(Cl)(C4)C2)C3)cc1S(=O)(=O)N1CCCCC1. The smallest absolute Gasteiger partial charge is 0.246 e. The lowest BCUT2D eigenvalue weighted by Gasteiger charge is -2.59. The van der Waals surface area contributed by atoms with Gasteiger partial charge in [0.2, 0.25) is 15.9 Å². The zero-order valence-corrected chi connectivity index (χ0v) is 19.6. The monoisotopic (exact) mass is 466 g/mol. The maximum Gasteiger partial charge on any atom is 0.246 e. The van der Waals surface area contributed by atoms with Crippen molar-refractivity contribution < 1.29 is 17.9 Å². The van der Waals surface area contributed by atoms with Gasteiger partial charge in [0.25, 0.3) is 0 Å². The molecule has 5 aliphatic rings. The number of carbonyl (C=O) groups is 1. The van der Waals surface area contributed by atoms with Crippen molar-refractivity contribution in [2.45, 2.75) is 67.6 Å². The summed E-state index contributed by atoms with van der Waals surface area (Å²) in [5, 5.41) is 3.05. The van der Waals surface area contributed by atoms with E-state index < -0.39 is 15.4 Å². The Morgan fingerprint density at radius 2 is 1.81 bits per heavy atom. The maximum atomic E-state index is 13.5. The molecular weight excluding hydrogens is 436 g/mol. The molecule has 8 heteroatoms. The predicted octanol–water partition coefficient (Wildman–Crippen LogP) is 4.39. The Morgan fingerprint density at radius 1 is 1.13 bits per heavy atom. The van der Waals surface area contributed by atoms with E-state index in [0.717, 1.165) is 51.4 Å². The molecule has 4 aliphatic carbocycles. The highest BCUT2D eigenvalue weighted by molar-refractivity contribution is 7.89. The Hall–Kier alpha value is -1.31. The summed E-state index contributed by atoms with van der Waals surface area (Å²) in [6.07, 6.45) is 8.48. The molecule has 0 aromatic heterocycles. The molecule has 1 aromatic carbocycles. The van der Waals surface area contributed by atoms with Gasteiger partial charge in [0.15, 0.2) is 0 Å². The van der Waals surface area contributed by atoms with Crippen LogP contribution < -0.4 is 10.1 Å². The number of methoxy groups -OCH3 is 1. The Bertz CT molecular complexity index is 975. The van der Waals surface area contributed by atoms with E-state index in [2.05, 4.69) is 5.32 Å². The maximum absolute atomic E-state index is 13.5. The normalized spacial score (nSPS) is 35.2. The van der Waals surface area contributed by atoms with Gasteiger partial charge in [0, 0.05) is 23.7 Å². The van der Waals surface area contributed by atoms with Crippen molar-refractivity contribution in [2.75, 3.05) is 25.5 Å². The van der Waals surface area contributed by atoms with Gasteiger partial charge in [-0.25, -0.2) is 8.42 Å². The summed E-state index contributed by atoms with van der Waals surface area (Å²) >= 11 is 6.90. The Balaban J connectivity index is 1.41. The van der Waals surface area contributed by atoms with Crippen molar-refractivity contribution in [1.82, 2.24) is 4.31 Å². The van der Waals surface area contributed by atoms with Gasteiger partial charge in [-0.2, -0.15) is 4.31 Å². The van der Waals surface area contributed by atoms with Crippen LogP contribution in [0.3, 0.4) is 0 Å². The van der Waals surface area contributed by atoms with Gasteiger partial charge < -0.3 is 10.1 Å². The molecule has 2 atom stereocenters. The van der Waals surface area contributed by atoms with E-state index in [1.807, 2.05) is 0 Å². The topological polar surface area (TPSA) is 75.7 Å². The van der Waals surface area contributed by atoms with Crippen molar-refractivity contribution in [3.05, 3.63) is 18.2 Å². The summed E-state index contributed by atoms with van der Waals surface area (Å²) in [5.41, 5.74) is 0.0678. The number of ether oxygens (including phenoxy) is 1. The lowest BCUT2D eigenvalue weighted by atomic mass is 9.49. The Morgan fingerprint density at radius 3 is 2.42 bits per heavy atom. The van der Waals surface area contributed by atoms with E-state index in [1.165, 1.54) is 17.8 Å². The molecule has 0 spiro atoms. The molecular formula is C23H31ClN2O4S. The predicted molar refractivity (Wildman–Crippen MR) is 120 cm³/mol. The third kappa shape index (κ3) is 3.76. The van der Waals surface area contributed by atoms with Crippen LogP contribution >= 0.6 is 11.6 Å². The minimum atomic E-state index is -3.68. The second kappa shape index (κ2) is 7.63. The highest BCUT2D eigenvalue weighted by atomic mass is 35.5. The number of carbonyl (C=O) groups excluding carboxylic acids is 1. The zero-order valence-electron chi connectivity index (χ0n) is 18.0. The lowest BCUT2D eigenvalue weighted by molar-refractivity contribution is -0.138. The summed E-state index contributed by atoms with van der Waals surface area (Å²) in [6.45, 7) is 1.04. The van der Waals surface area contributed by atoms with Crippen LogP contribution in [0, 0.1) is 17.3 Å². The summed E-state index contributed by atoms with van der Waals surface area (Å²) in [5.74, 6) is 1.34. The van der Waals surface area contributed by atoms with Crippen LogP contribution in [-0.4, -0.2) is 43.7 Å². The van der Waals surface area contributed by atoms with Gasteiger partial charge in [-0.15, -0.1) is 11.6 Å². The number of benzene rings is 1. The second-order valence-electron chi connectivity index (χ2n) is 10.2. The summed E-state index contributed by atoms with van der Waals surface area (Å²) < 4.78 is 33.5. The average molecular weight is 467 g/mol. The molecule has 6 nitrogen and oxygen atoms in total. The number of halogens is 1. The Kier molecular flexibility index (Phi) is 5.30. The van der Waals surface area contributed by atoms with Crippen LogP contribution in [0.2, 0.25) is 0 Å².